The fourth-order valence-electron chi connectivity index (χ4n) is 1.47. The minimum Gasteiger partial charge on any atom is -0.394 e. The number of nitrogens with one attached hydrogen (secondary N) is 1. The van der Waals surface area contributed by atoms with Crippen LogP contribution in [0.2, 0.25) is 5.15 Å². The number of aliphatic hydroxyl groups is 1. The quantitative estimate of drug-likeness (QED) is 0.759. The summed E-state index contributed by atoms with van der Waals surface area (Å²) in [6, 6.07) is 2.75. The summed E-state index contributed by atoms with van der Waals surface area (Å²) < 4.78 is 4.89. The highest BCUT2D eigenvalue weighted by Gasteiger charge is 2.14. The molecule has 18 heavy (non-hydrogen) atoms. The van der Waals surface area contributed by atoms with Crippen LogP contribution >= 0.6 is 11.6 Å². The van der Waals surface area contributed by atoms with Gasteiger partial charge in [-0.25, -0.2) is 4.98 Å². The maximum absolute atomic E-state index is 11.9. The zero-order valence-corrected chi connectivity index (χ0v) is 11.2. The van der Waals surface area contributed by atoms with E-state index in [0.717, 1.165) is 5.69 Å². The summed E-state index contributed by atoms with van der Waals surface area (Å²) >= 11 is 5.84. The molecular formula is C12H17ClN2O3. The van der Waals surface area contributed by atoms with Crippen LogP contribution in [0.5, 0.6) is 0 Å². The number of halogens is 1. The molecule has 0 saturated heterocycles. The number of methoxy groups -OCH3 is 1. The molecule has 0 saturated carbocycles. The van der Waals surface area contributed by atoms with Gasteiger partial charge in [0.1, 0.15) is 5.15 Å². The molecule has 1 aromatic heterocycles. The highest BCUT2D eigenvalue weighted by Crippen LogP contribution is 2.11. The molecule has 100 valence electrons. The summed E-state index contributed by atoms with van der Waals surface area (Å²) in [6.45, 7) is 2.00. The number of aliphatic hydroxyl groups excluding tert-OH is 1. The summed E-state index contributed by atoms with van der Waals surface area (Å²) in [5.74, 6) is -0.301. The first-order chi connectivity index (χ1) is 8.60. The van der Waals surface area contributed by atoms with E-state index in [2.05, 4.69) is 10.3 Å². The highest BCUT2D eigenvalue weighted by molar-refractivity contribution is 6.29. The van der Waals surface area contributed by atoms with Gasteiger partial charge >= 0.3 is 0 Å². The average molecular weight is 273 g/mol. The molecule has 0 aliphatic heterocycles. The second-order valence-electron chi connectivity index (χ2n) is 3.83. The van der Waals surface area contributed by atoms with Crippen molar-refractivity contribution in [3.63, 3.8) is 0 Å². The number of aromatic nitrogens is 1. The molecule has 0 aliphatic rings. The van der Waals surface area contributed by atoms with E-state index in [4.69, 9.17) is 21.4 Å². The minimum atomic E-state index is -0.431. The van der Waals surface area contributed by atoms with E-state index in [1.165, 1.54) is 13.2 Å². The summed E-state index contributed by atoms with van der Waals surface area (Å²) in [5, 5.41) is 12.0. The van der Waals surface area contributed by atoms with Gasteiger partial charge in [0.05, 0.1) is 19.3 Å². The summed E-state index contributed by atoms with van der Waals surface area (Å²) in [4.78, 5) is 16.0. The number of pyridine rings is 1. The molecule has 0 spiro atoms. The van der Waals surface area contributed by atoms with Crippen LogP contribution in [-0.2, 0) is 11.2 Å². The lowest BCUT2D eigenvalue weighted by molar-refractivity contribution is 0.0839. The number of amides is 1. The molecule has 0 aliphatic carbocycles. The number of carbonyl (C=O) groups is 1. The lowest BCUT2D eigenvalue weighted by atomic mass is 10.2. The number of hydrogen-bond acceptors (Lipinski definition) is 4. The Morgan fingerprint density at radius 1 is 1.61 bits per heavy atom. The van der Waals surface area contributed by atoms with Crippen molar-refractivity contribution in [2.24, 2.45) is 0 Å². The molecule has 5 nitrogen and oxygen atoms in total. The van der Waals surface area contributed by atoms with Gasteiger partial charge in [-0.1, -0.05) is 18.5 Å². The number of nitrogens with zero attached hydrogens (tertiary/aromatic N) is 1. The first-order valence-electron chi connectivity index (χ1n) is 5.67. The van der Waals surface area contributed by atoms with Gasteiger partial charge in [0, 0.05) is 18.4 Å². The van der Waals surface area contributed by atoms with Gasteiger partial charge in [0.15, 0.2) is 0 Å². The molecule has 6 heteroatoms. The zero-order chi connectivity index (χ0) is 13.5. The van der Waals surface area contributed by atoms with Gasteiger partial charge < -0.3 is 15.2 Å². The maximum Gasteiger partial charge on any atom is 0.251 e. The summed E-state index contributed by atoms with van der Waals surface area (Å²) in [5.41, 5.74) is 1.18. The number of hydrogen-bond donors (Lipinski definition) is 2. The third-order valence-electron chi connectivity index (χ3n) is 2.40. The zero-order valence-electron chi connectivity index (χ0n) is 10.4. The van der Waals surface area contributed by atoms with E-state index in [-0.39, 0.29) is 24.3 Å². The first-order valence-corrected chi connectivity index (χ1v) is 6.05. The minimum absolute atomic E-state index is 0.182. The molecule has 0 radical (unpaired) electrons. The molecular weight excluding hydrogens is 256 g/mol. The molecule has 1 heterocycles. The Kier molecular flexibility index (Phi) is 6.04. The second kappa shape index (κ2) is 7.31. The van der Waals surface area contributed by atoms with Gasteiger partial charge in [-0.15, -0.1) is 0 Å². The van der Waals surface area contributed by atoms with Crippen molar-refractivity contribution in [1.82, 2.24) is 10.3 Å². The van der Waals surface area contributed by atoms with Crippen LogP contribution in [0.15, 0.2) is 12.1 Å². The first kappa shape index (κ1) is 14.9. The van der Waals surface area contributed by atoms with E-state index in [0.29, 0.717) is 12.0 Å². The van der Waals surface area contributed by atoms with Crippen LogP contribution in [0, 0.1) is 0 Å². The second-order valence-corrected chi connectivity index (χ2v) is 4.22. The molecule has 1 aromatic rings. The maximum atomic E-state index is 11.9. The summed E-state index contributed by atoms with van der Waals surface area (Å²) in [6.07, 6.45) is 0.697. The Labute approximate surface area is 111 Å². The van der Waals surface area contributed by atoms with E-state index in [1.807, 2.05) is 6.92 Å². The van der Waals surface area contributed by atoms with Crippen molar-refractivity contribution >= 4 is 17.5 Å². The molecule has 1 amide bonds. The molecule has 0 bridgehead atoms. The number of aryl methyl sites for hydroxylation is 1. The van der Waals surface area contributed by atoms with Gasteiger partial charge in [-0.05, 0) is 18.6 Å². The standard InChI is InChI=1S/C12H17ClN2O3/c1-3-9-4-8(5-11(13)14-9)12(17)15-10(6-16)7-18-2/h4-5,10,16H,3,6-7H2,1-2H3,(H,15,17). The average Bonchev–Trinajstić information content (AvgIpc) is 2.37. The number of carbonyl (C=O) groups excluding carboxylic acids is 1. The van der Waals surface area contributed by atoms with Gasteiger partial charge in [0.2, 0.25) is 0 Å². The van der Waals surface area contributed by atoms with Crippen molar-refractivity contribution in [1.29, 1.82) is 0 Å². The molecule has 2 N–H and O–H groups in total. The van der Waals surface area contributed by atoms with Crippen LogP contribution in [0.3, 0.4) is 0 Å². The van der Waals surface area contributed by atoms with E-state index >= 15 is 0 Å². The molecule has 1 atom stereocenters. The molecule has 1 rings (SSSR count). The lowest BCUT2D eigenvalue weighted by Crippen LogP contribution is -2.40. The van der Waals surface area contributed by atoms with Crippen LogP contribution in [0.4, 0.5) is 0 Å². The third kappa shape index (κ3) is 4.25. The van der Waals surface area contributed by atoms with E-state index < -0.39 is 6.04 Å². The topological polar surface area (TPSA) is 71.5 Å². The van der Waals surface area contributed by atoms with Crippen LogP contribution < -0.4 is 5.32 Å². The van der Waals surface area contributed by atoms with Gasteiger partial charge in [-0.2, -0.15) is 0 Å². The number of rotatable bonds is 6. The van der Waals surface area contributed by atoms with Crippen molar-refractivity contribution in [2.75, 3.05) is 20.3 Å². The van der Waals surface area contributed by atoms with Crippen molar-refractivity contribution in [2.45, 2.75) is 19.4 Å². The van der Waals surface area contributed by atoms with Crippen molar-refractivity contribution < 1.29 is 14.6 Å². The van der Waals surface area contributed by atoms with Crippen LogP contribution in [-0.4, -0.2) is 42.4 Å². The fourth-order valence-corrected chi connectivity index (χ4v) is 1.70. The van der Waals surface area contributed by atoms with Crippen LogP contribution in [0.25, 0.3) is 0 Å². The molecule has 0 aromatic carbocycles. The van der Waals surface area contributed by atoms with E-state index in [9.17, 15) is 4.79 Å². The Bertz CT molecular complexity index is 412. The Morgan fingerprint density at radius 2 is 2.33 bits per heavy atom. The largest absolute Gasteiger partial charge is 0.394 e. The fraction of sp³-hybridized carbons (Fsp3) is 0.500. The monoisotopic (exact) mass is 272 g/mol. The van der Waals surface area contributed by atoms with Crippen molar-refractivity contribution in [3.05, 3.63) is 28.5 Å². The normalized spacial score (nSPS) is 12.2. The van der Waals surface area contributed by atoms with Gasteiger partial charge in [0.25, 0.3) is 5.91 Å². The summed E-state index contributed by atoms with van der Waals surface area (Å²) in [7, 11) is 1.51. The Morgan fingerprint density at radius 3 is 2.89 bits per heavy atom. The van der Waals surface area contributed by atoms with Crippen molar-refractivity contribution in [3.8, 4) is 0 Å². The Balaban J connectivity index is 2.79. The third-order valence-corrected chi connectivity index (χ3v) is 2.59. The lowest BCUT2D eigenvalue weighted by Gasteiger charge is -2.15. The SMILES string of the molecule is CCc1cc(C(=O)NC(CO)COC)cc(Cl)n1. The number of ether oxygens (including phenoxy) is 1. The van der Waals surface area contributed by atoms with Gasteiger partial charge in [-0.3, -0.25) is 4.79 Å². The van der Waals surface area contributed by atoms with Crippen LogP contribution in [0.1, 0.15) is 23.0 Å². The molecule has 1 unspecified atom stereocenters. The highest BCUT2D eigenvalue weighted by atomic mass is 35.5. The predicted molar refractivity (Wildman–Crippen MR) is 68.8 cm³/mol. The predicted octanol–water partition coefficient (Wildman–Crippen LogP) is 1.03. The molecule has 0 fully saturated rings. The van der Waals surface area contributed by atoms with E-state index in [1.54, 1.807) is 6.07 Å². The smallest absolute Gasteiger partial charge is 0.251 e. The Hall–Kier alpha value is -1.17.